The summed E-state index contributed by atoms with van der Waals surface area (Å²) >= 11 is 0. The molecule has 0 amide bonds. The maximum Gasteiger partial charge on any atom is 0.0681 e. The van der Waals surface area contributed by atoms with Gasteiger partial charge in [0, 0.05) is 0 Å². The summed E-state index contributed by atoms with van der Waals surface area (Å²) in [5.41, 5.74) is 0.900. The van der Waals surface area contributed by atoms with Gasteiger partial charge in [0.25, 0.3) is 0 Å². The smallest absolute Gasteiger partial charge is 0.0681 e. The summed E-state index contributed by atoms with van der Waals surface area (Å²) < 4.78 is 0. The molecule has 0 saturated carbocycles. The molecule has 0 aliphatic carbocycles. The highest BCUT2D eigenvalue weighted by atomic mass is 16.3. The summed E-state index contributed by atoms with van der Waals surface area (Å²) in [6, 6.07) is 0. The first-order chi connectivity index (χ1) is 4.85. The molecule has 0 aliphatic rings. The summed E-state index contributed by atoms with van der Waals surface area (Å²) in [7, 11) is 0. The van der Waals surface area contributed by atoms with E-state index in [1.807, 2.05) is 12.2 Å². The lowest BCUT2D eigenvalue weighted by molar-refractivity contribution is 0.335. The predicted molar refractivity (Wildman–Crippen MR) is 44.8 cm³/mol. The molecule has 1 heteroatoms. The summed E-state index contributed by atoms with van der Waals surface area (Å²) in [5, 5.41) is 8.72. The second-order valence-electron chi connectivity index (χ2n) is 1.95. The lowest BCUT2D eigenvalue weighted by Crippen LogP contribution is -1.83. The van der Waals surface area contributed by atoms with E-state index in [0.717, 1.165) is 12.0 Å². The first-order valence-electron chi connectivity index (χ1n) is 3.44. The molecular weight excluding hydrogens is 124 g/mol. The first-order valence-corrected chi connectivity index (χ1v) is 3.44. The van der Waals surface area contributed by atoms with Crippen LogP contribution < -0.4 is 0 Å². The van der Waals surface area contributed by atoms with Crippen LogP contribution in [-0.2, 0) is 0 Å². The fraction of sp³-hybridized carbons (Fsp3) is 0.333. The van der Waals surface area contributed by atoms with Crippen LogP contribution in [0, 0.1) is 0 Å². The van der Waals surface area contributed by atoms with Crippen LogP contribution in [0.4, 0.5) is 0 Å². The minimum Gasteiger partial charge on any atom is -0.392 e. The third-order valence-electron chi connectivity index (χ3n) is 1.08. The van der Waals surface area contributed by atoms with E-state index in [4.69, 9.17) is 5.11 Å². The Hall–Kier alpha value is -0.820. The number of aliphatic hydroxyl groups excluding tert-OH is 1. The van der Waals surface area contributed by atoms with Crippen molar-refractivity contribution in [2.75, 3.05) is 6.61 Å². The van der Waals surface area contributed by atoms with Gasteiger partial charge in [-0.2, -0.15) is 0 Å². The third-order valence-corrected chi connectivity index (χ3v) is 1.08. The number of aliphatic hydroxyl groups is 1. The van der Waals surface area contributed by atoms with E-state index >= 15 is 0 Å². The second-order valence-corrected chi connectivity index (χ2v) is 1.95. The molecule has 0 rings (SSSR count). The summed E-state index contributed by atoms with van der Waals surface area (Å²) in [6.45, 7) is 5.68. The van der Waals surface area contributed by atoms with Gasteiger partial charge in [0.2, 0.25) is 0 Å². The van der Waals surface area contributed by atoms with Crippen molar-refractivity contribution in [2.24, 2.45) is 0 Å². The summed E-state index contributed by atoms with van der Waals surface area (Å²) in [6.07, 6.45) is 8.37. The highest BCUT2D eigenvalue weighted by Gasteiger charge is 1.83. The Labute approximate surface area is 62.4 Å². The molecule has 0 unspecified atom stereocenters. The van der Waals surface area contributed by atoms with Gasteiger partial charge in [-0.3, -0.25) is 0 Å². The minimum atomic E-state index is 0.0858. The van der Waals surface area contributed by atoms with Crippen LogP contribution in [0.5, 0.6) is 0 Å². The SMILES string of the molecule is C=C/C=C(\C=C/CC)CO. The Morgan fingerprint density at radius 3 is 2.70 bits per heavy atom. The van der Waals surface area contributed by atoms with Gasteiger partial charge in [0.05, 0.1) is 6.61 Å². The van der Waals surface area contributed by atoms with Gasteiger partial charge in [-0.1, -0.05) is 37.8 Å². The van der Waals surface area contributed by atoms with Crippen molar-refractivity contribution < 1.29 is 5.11 Å². The normalized spacial score (nSPS) is 12.4. The van der Waals surface area contributed by atoms with Crippen LogP contribution in [0.25, 0.3) is 0 Å². The summed E-state index contributed by atoms with van der Waals surface area (Å²) in [4.78, 5) is 0. The molecular formula is C9H14O. The van der Waals surface area contributed by atoms with E-state index in [1.54, 1.807) is 12.2 Å². The van der Waals surface area contributed by atoms with Gasteiger partial charge in [-0.25, -0.2) is 0 Å². The minimum absolute atomic E-state index is 0.0858. The quantitative estimate of drug-likeness (QED) is 0.589. The van der Waals surface area contributed by atoms with Crippen LogP contribution in [0.1, 0.15) is 13.3 Å². The van der Waals surface area contributed by atoms with Gasteiger partial charge < -0.3 is 5.11 Å². The Kier molecular flexibility index (Phi) is 5.79. The number of allylic oxidation sites excluding steroid dienone is 3. The lowest BCUT2D eigenvalue weighted by Gasteiger charge is -1.91. The average Bonchev–Trinajstić information content (AvgIpc) is 1.98. The zero-order chi connectivity index (χ0) is 7.82. The second kappa shape index (κ2) is 6.30. The molecule has 0 fully saturated rings. The van der Waals surface area contributed by atoms with Crippen molar-refractivity contribution in [3.05, 3.63) is 36.5 Å². The molecule has 0 heterocycles. The molecule has 0 aromatic heterocycles. The summed E-state index contributed by atoms with van der Waals surface area (Å²) in [5.74, 6) is 0. The molecule has 56 valence electrons. The van der Waals surface area contributed by atoms with Crippen LogP contribution in [0.3, 0.4) is 0 Å². The highest BCUT2D eigenvalue weighted by Crippen LogP contribution is 1.96. The van der Waals surface area contributed by atoms with Crippen molar-refractivity contribution in [3.63, 3.8) is 0 Å². The Morgan fingerprint density at radius 1 is 1.60 bits per heavy atom. The van der Waals surface area contributed by atoms with E-state index in [2.05, 4.69) is 13.5 Å². The van der Waals surface area contributed by atoms with Crippen LogP contribution in [0.2, 0.25) is 0 Å². The van der Waals surface area contributed by atoms with E-state index < -0.39 is 0 Å². The average molecular weight is 138 g/mol. The molecule has 10 heavy (non-hydrogen) atoms. The van der Waals surface area contributed by atoms with E-state index in [0.29, 0.717) is 0 Å². The fourth-order valence-electron chi connectivity index (χ4n) is 0.582. The lowest BCUT2D eigenvalue weighted by atomic mass is 10.2. The third kappa shape index (κ3) is 4.10. The molecule has 0 spiro atoms. The van der Waals surface area contributed by atoms with Crippen molar-refractivity contribution >= 4 is 0 Å². The van der Waals surface area contributed by atoms with E-state index in [1.165, 1.54) is 0 Å². The molecule has 1 nitrogen and oxygen atoms in total. The van der Waals surface area contributed by atoms with Gasteiger partial charge in [0.15, 0.2) is 0 Å². The Bertz CT molecular complexity index is 143. The number of hydrogen-bond donors (Lipinski definition) is 1. The van der Waals surface area contributed by atoms with Crippen molar-refractivity contribution in [1.82, 2.24) is 0 Å². The van der Waals surface area contributed by atoms with Crippen LogP contribution >= 0.6 is 0 Å². The van der Waals surface area contributed by atoms with Crippen molar-refractivity contribution in [2.45, 2.75) is 13.3 Å². The predicted octanol–water partition coefficient (Wildman–Crippen LogP) is 2.06. The largest absolute Gasteiger partial charge is 0.392 e. The molecule has 0 aromatic carbocycles. The molecule has 1 N–H and O–H groups in total. The standard InChI is InChI=1S/C9H14O/c1-3-5-7-9(8-10)6-4-2/h4-7,10H,2-3,8H2,1H3/b7-5-,9-6+. The van der Waals surface area contributed by atoms with Crippen molar-refractivity contribution in [3.8, 4) is 0 Å². The van der Waals surface area contributed by atoms with Gasteiger partial charge in [-0.15, -0.1) is 0 Å². The zero-order valence-electron chi connectivity index (χ0n) is 6.38. The van der Waals surface area contributed by atoms with Crippen LogP contribution in [-0.4, -0.2) is 11.7 Å². The molecule has 0 bridgehead atoms. The van der Waals surface area contributed by atoms with E-state index in [-0.39, 0.29) is 6.61 Å². The number of hydrogen-bond acceptors (Lipinski definition) is 1. The molecule has 0 saturated heterocycles. The van der Waals surface area contributed by atoms with Gasteiger partial charge >= 0.3 is 0 Å². The van der Waals surface area contributed by atoms with E-state index in [9.17, 15) is 0 Å². The molecule has 0 atom stereocenters. The zero-order valence-corrected chi connectivity index (χ0v) is 6.38. The topological polar surface area (TPSA) is 20.2 Å². The Morgan fingerprint density at radius 2 is 2.30 bits per heavy atom. The maximum atomic E-state index is 8.72. The number of rotatable bonds is 4. The highest BCUT2D eigenvalue weighted by molar-refractivity contribution is 5.22. The first kappa shape index (κ1) is 9.18. The Balaban J connectivity index is 3.94. The van der Waals surface area contributed by atoms with Crippen molar-refractivity contribution in [1.29, 1.82) is 0 Å². The maximum absolute atomic E-state index is 8.72. The van der Waals surface area contributed by atoms with Gasteiger partial charge in [-0.05, 0) is 12.0 Å². The molecule has 0 aliphatic heterocycles. The monoisotopic (exact) mass is 138 g/mol. The molecule has 0 radical (unpaired) electrons. The van der Waals surface area contributed by atoms with Crippen LogP contribution in [0.15, 0.2) is 36.5 Å². The van der Waals surface area contributed by atoms with Gasteiger partial charge in [0.1, 0.15) is 0 Å². The fourth-order valence-corrected chi connectivity index (χ4v) is 0.582. The molecule has 0 aromatic rings.